The number of fused-ring (bicyclic) bond motifs is 3. The van der Waals surface area contributed by atoms with Crippen LogP contribution in [0.15, 0.2) is 91.4 Å². The highest BCUT2D eigenvalue weighted by Crippen LogP contribution is 2.27. The van der Waals surface area contributed by atoms with Crippen LogP contribution in [-0.2, 0) is 52.6 Å². The average molecular weight is 606 g/mol. The summed E-state index contributed by atoms with van der Waals surface area (Å²) in [4.78, 5) is 49.1. The molecular weight excluding hydrogens is 574 g/mol. The molecule has 0 aliphatic carbocycles. The number of ether oxygens (including phenoxy) is 4. The second kappa shape index (κ2) is 12.3. The van der Waals surface area contributed by atoms with Gasteiger partial charge in [0.05, 0.1) is 25.9 Å². The third-order valence-corrected chi connectivity index (χ3v) is 8.15. The molecule has 1 aliphatic rings. The molecule has 1 aliphatic heterocycles. The molecule has 3 atom stereocenters. The van der Waals surface area contributed by atoms with Gasteiger partial charge in [0.1, 0.15) is 6.10 Å². The lowest BCUT2D eigenvalue weighted by atomic mass is 10.1. The molecule has 3 aromatic heterocycles. The molecule has 0 spiro atoms. The lowest BCUT2D eigenvalue weighted by Crippen LogP contribution is -2.51. The number of carbonyl (C=O) groups is 3. The van der Waals surface area contributed by atoms with E-state index in [0.29, 0.717) is 0 Å². The standard InChI is InChI=1S/C35H31N3O7/c39-31(15-21-18-36-27-10-4-1-7-24(21)27)43-30-13-14-42-35(45-33(41)17-23-20-38-29-12-6-3-9-26(23)29)34(30)44-32(40)16-22-19-37-28-11-5-2-8-25(22)28/h1-12,18-20,30,34-38H,13-17H2/t30-,34+,35?/m0/s1. The molecule has 6 aromatic rings. The van der Waals surface area contributed by atoms with E-state index in [4.69, 9.17) is 18.9 Å². The fourth-order valence-corrected chi connectivity index (χ4v) is 5.97. The molecule has 1 unspecified atom stereocenters. The zero-order chi connectivity index (χ0) is 30.8. The van der Waals surface area contributed by atoms with E-state index in [2.05, 4.69) is 15.0 Å². The van der Waals surface area contributed by atoms with Crippen LogP contribution in [0, 0.1) is 0 Å². The Hall–Kier alpha value is -5.35. The van der Waals surface area contributed by atoms with Crippen molar-refractivity contribution < 1.29 is 33.3 Å². The predicted molar refractivity (Wildman–Crippen MR) is 166 cm³/mol. The zero-order valence-corrected chi connectivity index (χ0v) is 24.3. The number of carbonyl (C=O) groups excluding carboxylic acids is 3. The monoisotopic (exact) mass is 605 g/mol. The minimum atomic E-state index is -1.26. The largest absolute Gasteiger partial charge is 0.458 e. The third-order valence-electron chi connectivity index (χ3n) is 8.15. The summed E-state index contributed by atoms with van der Waals surface area (Å²) in [5.74, 6) is -1.62. The van der Waals surface area contributed by atoms with Gasteiger partial charge in [0.15, 0.2) is 0 Å². The minimum absolute atomic E-state index is 0.0163. The highest BCUT2D eigenvalue weighted by molar-refractivity contribution is 5.89. The summed E-state index contributed by atoms with van der Waals surface area (Å²) >= 11 is 0. The van der Waals surface area contributed by atoms with E-state index < -0.39 is 36.4 Å². The van der Waals surface area contributed by atoms with Gasteiger partial charge in [-0.15, -0.1) is 0 Å². The minimum Gasteiger partial charge on any atom is -0.458 e. The Bertz CT molecular complexity index is 1910. The second-order valence-corrected chi connectivity index (χ2v) is 11.1. The molecule has 0 radical (unpaired) electrons. The lowest BCUT2D eigenvalue weighted by Gasteiger charge is -2.36. The van der Waals surface area contributed by atoms with Crippen molar-refractivity contribution in [1.29, 1.82) is 0 Å². The van der Waals surface area contributed by atoms with E-state index >= 15 is 0 Å². The molecule has 228 valence electrons. The Morgan fingerprint density at radius 1 is 0.600 bits per heavy atom. The Morgan fingerprint density at radius 2 is 1.02 bits per heavy atom. The van der Waals surface area contributed by atoms with Crippen molar-refractivity contribution in [2.75, 3.05) is 6.61 Å². The van der Waals surface area contributed by atoms with Gasteiger partial charge in [-0.2, -0.15) is 0 Å². The zero-order valence-electron chi connectivity index (χ0n) is 24.3. The molecule has 10 nitrogen and oxygen atoms in total. The molecule has 10 heteroatoms. The second-order valence-electron chi connectivity index (χ2n) is 11.1. The normalized spacial score (nSPS) is 18.3. The van der Waals surface area contributed by atoms with Crippen molar-refractivity contribution >= 4 is 50.6 Å². The maximum absolute atomic E-state index is 13.3. The number of hydrogen-bond acceptors (Lipinski definition) is 7. The van der Waals surface area contributed by atoms with Crippen molar-refractivity contribution in [2.45, 2.75) is 44.2 Å². The van der Waals surface area contributed by atoms with Crippen LogP contribution in [0.2, 0.25) is 0 Å². The first kappa shape index (κ1) is 28.4. The van der Waals surface area contributed by atoms with Gasteiger partial charge in [0, 0.05) is 57.7 Å². The van der Waals surface area contributed by atoms with E-state index in [1.54, 1.807) is 18.6 Å². The smallest absolute Gasteiger partial charge is 0.312 e. The van der Waals surface area contributed by atoms with Crippen LogP contribution in [0.3, 0.4) is 0 Å². The van der Waals surface area contributed by atoms with Crippen LogP contribution in [0.1, 0.15) is 23.1 Å². The van der Waals surface area contributed by atoms with Gasteiger partial charge in [-0.3, -0.25) is 14.4 Å². The predicted octanol–water partition coefficient (Wildman–Crippen LogP) is 5.27. The lowest BCUT2D eigenvalue weighted by molar-refractivity contribution is -0.250. The molecule has 3 N–H and O–H groups in total. The number of rotatable bonds is 9. The maximum Gasteiger partial charge on any atom is 0.312 e. The fourth-order valence-electron chi connectivity index (χ4n) is 5.97. The quantitative estimate of drug-likeness (QED) is 0.151. The number of para-hydroxylation sites is 3. The summed E-state index contributed by atoms with van der Waals surface area (Å²) < 4.78 is 23.4. The number of esters is 3. The van der Waals surface area contributed by atoms with Crippen molar-refractivity contribution in [2.24, 2.45) is 0 Å². The van der Waals surface area contributed by atoms with E-state index in [0.717, 1.165) is 49.4 Å². The number of H-pyrrole nitrogens is 3. The molecule has 1 saturated heterocycles. The van der Waals surface area contributed by atoms with E-state index in [1.807, 2.05) is 72.8 Å². The van der Waals surface area contributed by atoms with Gasteiger partial charge in [0.25, 0.3) is 0 Å². The fraction of sp³-hybridized carbons (Fsp3) is 0.229. The molecular formula is C35H31N3O7. The van der Waals surface area contributed by atoms with Gasteiger partial charge >= 0.3 is 17.9 Å². The first-order valence-electron chi connectivity index (χ1n) is 14.9. The first-order chi connectivity index (χ1) is 22.0. The number of benzene rings is 3. The van der Waals surface area contributed by atoms with E-state index in [-0.39, 0.29) is 32.3 Å². The van der Waals surface area contributed by atoms with Gasteiger partial charge in [-0.25, -0.2) is 0 Å². The number of hydrogen-bond donors (Lipinski definition) is 3. The van der Waals surface area contributed by atoms with Crippen LogP contribution in [-0.4, -0.2) is 58.0 Å². The topological polar surface area (TPSA) is 136 Å². The summed E-state index contributed by atoms with van der Waals surface area (Å²) in [5.41, 5.74) is 5.03. The van der Waals surface area contributed by atoms with Gasteiger partial charge in [-0.05, 0) is 34.9 Å². The van der Waals surface area contributed by atoms with Crippen LogP contribution >= 0.6 is 0 Å². The summed E-state index contributed by atoms with van der Waals surface area (Å²) in [6, 6.07) is 23.0. The summed E-state index contributed by atoms with van der Waals surface area (Å²) in [6.07, 6.45) is 2.24. The number of aromatic amines is 3. The van der Waals surface area contributed by atoms with E-state index in [9.17, 15) is 14.4 Å². The third kappa shape index (κ3) is 6.05. The summed E-state index contributed by atoms with van der Waals surface area (Å²) in [7, 11) is 0. The van der Waals surface area contributed by atoms with Gasteiger partial charge in [0.2, 0.25) is 12.4 Å². The Morgan fingerprint density at radius 3 is 1.51 bits per heavy atom. The molecule has 0 bridgehead atoms. The molecule has 7 rings (SSSR count). The van der Waals surface area contributed by atoms with Crippen molar-refractivity contribution in [3.8, 4) is 0 Å². The Balaban J connectivity index is 1.09. The van der Waals surface area contributed by atoms with Crippen LogP contribution in [0.5, 0.6) is 0 Å². The molecule has 1 fully saturated rings. The Labute approximate surface area is 257 Å². The SMILES string of the molecule is O=C(Cc1c[nH]c2ccccc12)OC1OCC[C@H](OC(=O)Cc2c[nH]c3ccccc23)[C@H]1OC(=O)Cc1c[nH]c2ccccc12. The molecule has 0 saturated carbocycles. The summed E-state index contributed by atoms with van der Waals surface area (Å²) in [6.45, 7) is 0.145. The maximum atomic E-state index is 13.3. The molecule has 45 heavy (non-hydrogen) atoms. The number of aromatic nitrogens is 3. The molecule has 0 amide bonds. The average Bonchev–Trinajstić information content (AvgIpc) is 3.76. The van der Waals surface area contributed by atoms with Crippen molar-refractivity contribution in [3.05, 3.63) is 108 Å². The van der Waals surface area contributed by atoms with Crippen molar-refractivity contribution in [3.63, 3.8) is 0 Å². The number of nitrogens with one attached hydrogen (secondary N) is 3. The van der Waals surface area contributed by atoms with Crippen LogP contribution < -0.4 is 0 Å². The summed E-state index contributed by atoms with van der Waals surface area (Å²) in [5, 5.41) is 2.73. The Kier molecular flexibility index (Phi) is 7.79. The molecule has 3 aromatic carbocycles. The van der Waals surface area contributed by atoms with Crippen molar-refractivity contribution in [1.82, 2.24) is 15.0 Å². The van der Waals surface area contributed by atoms with E-state index in [1.165, 1.54) is 0 Å². The highest BCUT2D eigenvalue weighted by atomic mass is 16.7. The van der Waals surface area contributed by atoms with Crippen LogP contribution in [0.25, 0.3) is 32.7 Å². The van der Waals surface area contributed by atoms with Gasteiger partial charge < -0.3 is 33.9 Å². The highest BCUT2D eigenvalue weighted by Gasteiger charge is 2.42. The van der Waals surface area contributed by atoms with Crippen LogP contribution in [0.4, 0.5) is 0 Å². The molecule has 4 heterocycles. The first-order valence-corrected chi connectivity index (χ1v) is 14.9. The van der Waals surface area contributed by atoms with Gasteiger partial charge in [-0.1, -0.05) is 54.6 Å².